The molecule has 0 radical (unpaired) electrons. The molecule has 0 fully saturated rings. The normalized spacial score (nSPS) is 13.0. The Hall–Kier alpha value is -1.24. The van der Waals surface area contributed by atoms with E-state index in [1.54, 1.807) is 0 Å². The maximum Gasteiger partial charge on any atom is 0.416 e. The van der Waals surface area contributed by atoms with Gasteiger partial charge in [-0.2, -0.15) is 13.2 Å². The molecule has 1 aromatic carbocycles. The highest BCUT2D eigenvalue weighted by Crippen LogP contribution is 2.35. The first-order valence-electron chi connectivity index (χ1n) is 5.14. The molecule has 102 valence electrons. The summed E-state index contributed by atoms with van der Waals surface area (Å²) in [7, 11) is -3.63. The van der Waals surface area contributed by atoms with Gasteiger partial charge < -0.3 is 5.11 Å². The Labute approximate surface area is 103 Å². The third kappa shape index (κ3) is 3.38. The molecular weight excluding hydrogens is 269 g/mol. The summed E-state index contributed by atoms with van der Waals surface area (Å²) < 4.78 is 61.4. The van der Waals surface area contributed by atoms with Crippen LogP contribution in [-0.2, 0) is 21.8 Å². The topological polar surface area (TPSA) is 54.4 Å². The maximum atomic E-state index is 12.7. The zero-order chi connectivity index (χ0) is 14.1. The molecule has 0 aliphatic heterocycles. The predicted molar refractivity (Wildman–Crippen MR) is 60.9 cm³/mol. The van der Waals surface area contributed by atoms with Crippen LogP contribution in [0, 0.1) is 0 Å². The summed E-state index contributed by atoms with van der Waals surface area (Å²) in [6.07, 6.45) is -4.69. The van der Waals surface area contributed by atoms with Gasteiger partial charge in [0.25, 0.3) is 0 Å². The minimum Gasteiger partial charge on any atom is -0.508 e. The van der Waals surface area contributed by atoms with E-state index >= 15 is 0 Å². The highest BCUT2D eigenvalue weighted by Gasteiger charge is 2.35. The van der Waals surface area contributed by atoms with Crippen molar-refractivity contribution < 1.29 is 26.7 Å². The predicted octanol–water partition coefficient (Wildman–Crippen LogP) is 2.73. The van der Waals surface area contributed by atoms with E-state index in [0.717, 1.165) is 12.1 Å². The van der Waals surface area contributed by atoms with Crippen molar-refractivity contribution in [1.29, 1.82) is 0 Å². The van der Waals surface area contributed by atoms with Gasteiger partial charge in [0.05, 0.1) is 16.6 Å². The van der Waals surface area contributed by atoms with Gasteiger partial charge in [-0.25, -0.2) is 8.42 Å². The number of phenolic OH excluding ortho intramolecular Hbond substituents is 1. The Morgan fingerprint density at radius 2 is 1.83 bits per heavy atom. The fourth-order valence-electron chi connectivity index (χ4n) is 1.34. The first kappa shape index (κ1) is 14.8. The fourth-order valence-corrected chi connectivity index (χ4v) is 2.36. The molecule has 0 unspecified atom stereocenters. The van der Waals surface area contributed by atoms with E-state index in [1.165, 1.54) is 13.8 Å². The van der Waals surface area contributed by atoms with Crippen molar-refractivity contribution in [3.05, 3.63) is 29.3 Å². The molecule has 0 aliphatic carbocycles. The van der Waals surface area contributed by atoms with Gasteiger partial charge in [0, 0.05) is 0 Å². The lowest BCUT2D eigenvalue weighted by Crippen LogP contribution is -2.19. The Morgan fingerprint density at radius 3 is 2.28 bits per heavy atom. The van der Waals surface area contributed by atoms with E-state index in [-0.39, 0.29) is 5.56 Å². The summed E-state index contributed by atoms with van der Waals surface area (Å²) in [6.45, 7) is 2.81. The van der Waals surface area contributed by atoms with Crippen LogP contribution in [0.2, 0.25) is 0 Å². The Bertz CT molecular complexity index is 533. The number of benzene rings is 1. The minimum absolute atomic E-state index is 0.353. The summed E-state index contributed by atoms with van der Waals surface area (Å²) in [6, 6.07) is 2.56. The van der Waals surface area contributed by atoms with Gasteiger partial charge in [0.2, 0.25) is 0 Å². The highest BCUT2D eigenvalue weighted by atomic mass is 32.2. The SMILES string of the molecule is CC(C)S(=O)(=O)Cc1ccc(O)cc1C(F)(F)F. The van der Waals surface area contributed by atoms with E-state index in [2.05, 4.69) is 0 Å². The molecule has 7 heteroatoms. The Morgan fingerprint density at radius 1 is 1.28 bits per heavy atom. The van der Waals surface area contributed by atoms with Crippen molar-refractivity contribution in [3.8, 4) is 5.75 Å². The van der Waals surface area contributed by atoms with Crippen LogP contribution in [0.5, 0.6) is 5.75 Å². The van der Waals surface area contributed by atoms with Gasteiger partial charge in [-0.05, 0) is 31.5 Å². The summed E-state index contributed by atoms with van der Waals surface area (Å²) in [5.41, 5.74) is -1.47. The number of halogens is 3. The van der Waals surface area contributed by atoms with Crippen LogP contribution in [0.4, 0.5) is 13.2 Å². The fraction of sp³-hybridized carbons (Fsp3) is 0.455. The van der Waals surface area contributed by atoms with Crippen LogP contribution in [0.3, 0.4) is 0 Å². The molecule has 0 saturated heterocycles. The van der Waals surface area contributed by atoms with Crippen LogP contribution in [-0.4, -0.2) is 18.8 Å². The van der Waals surface area contributed by atoms with Crippen molar-refractivity contribution in [3.63, 3.8) is 0 Å². The van der Waals surface area contributed by atoms with Crippen LogP contribution < -0.4 is 0 Å². The molecule has 0 amide bonds. The van der Waals surface area contributed by atoms with E-state index < -0.39 is 38.3 Å². The zero-order valence-corrected chi connectivity index (χ0v) is 10.6. The molecule has 0 saturated carbocycles. The van der Waals surface area contributed by atoms with Gasteiger partial charge in [0.1, 0.15) is 5.75 Å². The number of sulfone groups is 1. The second-order valence-corrected chi connectivity index (χ2v) is 6.75. The largest absolute Gasteiger partial charge is 0.508 e. The molecule has 0 atom stereocenters. The first-order valence-corrected chi connectivity index (χ1v) is 6.86. The van der Waals surface area contributed by atoms with Crippen LogP contribution in [0.25, 0.3) is 0 Å². The molecule has 0 aliphatic rings. The molecule has 1 rings (SSSR count). The lowest BCUT2D eigenvalue weighted by atomic mass is 10.1. The Kier molecular flexibility index (Phi) is 3.95. The van der Waals surface area contributed by atoms with Gasteiger partial charge in [-0.15, -0.1) is 0 Å². The van der Waals surface area contributed by atoms with Crippen molar-refractivity contribution in [2.75, 3.05) is 0 Å². The zero-order valence-electron chi connectivity index (χ0n) is 9.82. The quantitative estimate of drug-likeness (QED) is 0.927. The number of rotatable bonds is 3. The summed E-state index contributed by atoms with van der Waals surface area (Å²) in [5, 5.41) is 8.30. The van der Waals surface area contributed by atoms with Crippen LogP contribution >= 0.6 is 0 Å². The van der Waals surface area contributed by atoms with Gasteiger partial charge in [-0.1, -0.05) is 6.07 Å². The molecule has 1 N–H and O–H groups in total. The lowest BCUT2D eigenvalue weighted by molar-refractivity contribution is -0.138. The summed E-state index contributed by atoms with van der Waals surface area (Å²) in [5.74, 6) is -1.24. The van der Waals surface area contributed by atoms with Crippen molar-refractivity contribution in [2.24, 2.45) is 0 Å². The number of alkyl halides is 3. The van der Waals surface area contributed by atoms with Crippen LogP contribution in [0.15, 0.2) is 18.2 Å². The molecule has 18 heavy (non-hydrogen) atoms. The second-order valence-electron chi connectivity index (χ2n) is 4.20. The minimum atomic E-state index is -4.69. The summed E-state index contributed by atoms with van der Waals surface area (Å²) in [4.78, 5) is 0. The second kappa shape index (κ2) is 4.79. The standard InChI is InChI=1S/C11H13F3O3S/c1-7(2)18(16,17)6-8-3-4-9(15)5-10(8)11(12,13)14/h3-5,7,15H,6H2,1-2H3. The van der Waals surface area contributed by atoms with E-state index in [9.17, 15) is 21.6 Å². The van der Waals surface area contributed by atoms with Gasteiger partial charge in [-0.3, -0.25) is 0 Å². The smallest absolute Gasteiger partial charge is 0.416 e. The third-order valence-corrected chi connectivity index (χ3v) is 4.62. The molecule has 3 nitrogen and oxygen atoms in total. The molecule has 0 spiro atoms. The van der Waals surface area contributed by atoms with Crippen LogP contribution in [0.1, 0.15) is 25.0 Å². The molecule has 0 aromatic heterocycles. The highest BCUT2D eigenvalue weighted by molar-refractivity contribution is 7.91. The van der Waals surface area contributed by atoms with Gasteiger partial charge in [0.15, 0.2) is 9.84 Å². The van der Waals surface area contributed by atoms with E-state index in [0.29, 0.717) is 6.07 Å². The lowest BCUT2D eigenvalue weighted by Gasteiger charge is -2.14. The monoisotopic (exact) mass is 282 g/mol. The number of hydrogen-bond donors (Lipinski definition) is 1. The average molecular weight is 282 g/mol. The molecule has 0 bridgehead atoms. The van der Waals surface area contributed by atoms with Crippen molar-refractivity contribution >= 4 is 9.84 Å². The first-order chi connectivity index (χ1) is 8.04. The molecular formula is C11H13F3O3S. The van der Waals surface area contributed by atoms with Crippen molar-refractivity contribution in [2.45, 2.75) is 31.0 Å². The third-order valence-electron chi connectivity index (χ3n) is 2.47. The van der Waals surface area contributed by atoms with E-state index in [4.69, 9.17) is 5.11 Å². The summed E-state index contributed by atoms with van der Waals surface area (Å²) >= 11 is 0. The maximum absolute atomic E-state index is 12.7. The average Bonchev–Trinajstić information content (AvgIpc) is 2.18. The number of hydrogen-bond acceptors (Lipinski definition) is 3. The van der Waals surface area contributed by atoms with Crippen molar-refractivity contribution in [1.82, 2.24) is 0 Å². The number of aromatic hydroxyl groups is 1. The number of phenols is 1. The Balaban J connectivity index is 3.27. The molecule has 0 heterocycles. The van der Waals surface area contributed by atoms with Gasteiger partial charge >= 0.3 is 6.18 Å². The molecule has 1 aromatic rings. The van der Waals surface area contributed by atoms with E-state index in [1.807, 2.05) is 0 Å².